The minimum absolute atomic E-state index is 0.0491. The number of nitrogens with one attached hydrogen (secondary N) is 4. The van der Waals surface area contributed by atoms with Crippen molar-refractivity contribution in [2.75, 3.05) is 12.4 Å². The Morgan fingerprint density at radius 2 is 1.79 bits per heavy atom. The molecule has 174 valence electrons. The molecule has 2 heterocycles. The zero-order valence-electron chi connectivity index (χ0n) is 19.1. The van der Waals surface area contributed by atoms with E-state index in [9.17, 15) is 9.59 Å². The Hall–Kier alpha value is -3.62. The molecule has 1 aliphatic carbocycles. The largest absolute Gasteiger partial charge is 0.453 e. The molecule has 0 aliphatic heterocycles. The molecular formula is C24H30N6O3. The highest BCUT2D eigenvalue weighted by molar-refractivity contribution is 6.08. The monoisotopic (exact) mass is 450 g/mol. The zero-order valence-corrected chi connectivity index (χ0v) is 19.1. The van der Waals surface area contributed by atoms with Crippen molar-refractivity contribution >= 4 is 28.6 Å². The molecule has 1 aliphatic rings. The number of ether oxygens (including phenoxy) is 1. The number of methoxy groups -OCH3 is 1. The van der Waals surface area contributed by atoms with E-state index in [1.165, 1.54) is 7.11 Å². The lowest BCUT2D eigenvalue weighted by atomic mass is 9.91. The third kappa shape index (κ3) is 5.24. The molecule has 0 radical (unpaired) electrons. The number of H-pyrrole nitrogens is 1. The summed E-state index contributed by atoms with van der Waals surface area (Å²) in [4.78, 5) is 29.3. The van der Waals surface area contributed by atoms with Crippen LogP contribution in [0.15, 0.2) is 36.8 Å². The van der Waals surface area contributed by atoms with Crippen molar-refractivity contribution < 1.29 is 14.3 Å². The molecule has 3 aromatic rings. The first-order chi connectivity index (χ1) is 15.9. The molecule has 4 rings (SSSR count). The summed E-state index contributed by atoms with van der Waals surface area (Å²) in [7, 11) is 1.36. The summed E-state index contributed by atoms with van der Waals surface area (Å²) < 4.78 is 4.68. The lowest BCUT2D eigenvalue weighted by Crippen LogP contribution is -2.44. The first-order valence-corrected chi connectivity index (χ1v) is 11.3. The number of benzene rings is 1. The minimum Gasteiger partial charge on any atom is -0.453 e. The molecule has 0 unspecified atom stereocenters. The molecule has 0 saturated heterocycles. The van der Waals surface area contributed by atoms with Crippen LogP contribution in [-0.4, -0.2) is 52.4 Å². The predicted octanol–water partition coefficient (Wildman–Crippen LogP) is 3.84. The molecule has 9 nitrogen and oxygen atoms in total. The van der Waals surface area contributed by atoms with Gasteiger partial charge in [-0.15, -0.1) is 0 Å². The van der Waals surface area contributed by atoms with Crippen molar-refractivity contribution in [2.24, 2.45) is 0 Å². The maximum Gasteiger partial charge on any atom is 0.407 e. The van der Waals surface area contributed by atoms with Crippen LogP contribution in [0.4, 0.5) is 10.5 Å². The highest BCUT2D eigenvalue weighted by atomic mass is 16.5. The van der Waals surface area contributed by atoms with Gasteiger partial charge in [0.1, 0.15) is 0 Å². The number of anilines is 1. The SMILES string of the molecule is COC(=O)NC1CCC(NC(=O)c2cnc3ccc(-c4cn[nH]c4)cc3c2NC(C)C)CC1. The fourth-order valence-corrected chi connectivity index (χ4v) is 4.27. The van der Waals surface area contributed by atoms with Gasteiger partial charge in [-0.1, -0.05) is 6.07 Å². The number of hydrogen-bond acceptors (Lipinski definition) is 6. The van der Waals surface area contributed by atoms with Crippen LogP contribution in [0.2, 0.25) is 0 Å². The summed E-state index contributed by atoms with van der Waals surface area (Å²) in [5.41, 5.74) is 4.09. The fraction of sp³-hybridized carbons (Fsp3) is 0.417. The molecule has 1 fully saturated rings. The average molecular weight is 451 g/mol. The molecule has 0 bridgehead atoms. The summed E-state index contributed by atoms with van der Waals surface area (Å²) in [5.74, 6) is -0.148. The Bertz CT molecular complexity index is 1120. The van der Waals surface area contributed by atoms with Crippen molar-refractivity contribution in [3.8, 4) is 11.1 Å². The predicted molar refractivity (Wildman–Crippen MR) is 127 cm³/mol. The summed E-state index contributed by atoms with van der Waals surface area (Å²) in [6, 6.07) is 6.26. The summed E-state index contributed by atoms with van der Waals surface area (Å²) in [6.07, 6.45) is 8.01. The normalized spacial score (nSPS) is 18.2. The van der Waals surface area contributed by atoms with Gasteiger partial charge in [0.25, 0.3) is 5.91 Å². The Balaban J connectivity index is 1.56. The maximum atomic E-state index is 13.3. The second-order valence-electron chi connectivity index (χ2n) is 8.72. The number of rotatable bonds is 6. The van der Waals surface area contributed by atoms with Crippen LogP contribution in [0.5, 0.6) is 0 Å². The van der Waals surface area contributed by atoms with Gasteiger partial charge in [-0.25, -0.2) is 4.79 Å². The highest BCUT2D eigenvalue weighted by Gasteiger charge is 2.25. The van der Waals surface area contributed by atoms with E-state index in [1.807, 2.05) is 38.2 Å². The number of amides is 2. The number of nitrogens with zero attached hydrogens (tertiary/aromatic N) is 2. The number of carbonyl (C=O) groups excluding carboxylic acids is 2. The quantitative estimate of drug-likeness (QED) is 0.453. The number of hydrogen-bond donors (Lipinski definition) is 4. The lowest BCUT2D eigenvalue weighted by molar-refractivity contribution is 0.0923. The number of carbonyl (C=O) groups is 2. The van der Waals surface area contributed by atoms with Crippen LogP contribution < -0.4 is 16.0 Å². The third-order valence-corrected chi connectivity index (χ3v) is 5.95. The molecule has 1 saturated carbocycles. The van der Waals surface area contributed by atoms with E-state index in [0.29, 0.717) is 5.56 Å². The van der Waals surface area contributed by atoms with Crippen LogP contribution in [0, 0.1) is 0 Å². The molecule has 0 atom stereocenters. The van der Waals surface area contributed by atoms with E-state index < -0.39 is 6.09 Å². The van der Waals surface area contributed by atoms with Gasteiger partial charge < -0.3 is 20.7 Å². The number of pyridine rings is 1. The molecule has 2 aromatic heterocycles. The zero-order chi connectivity index (χ0) is 23.4. The molecular weight excluding hydrogens is 420 g/mol. The highest BCUT2D eigenvalue weighted by Crippen LogP contribution is 2.31. The molecule has 2 amide bonds. The Morgan fingerprint density at radius 1 is 1.06 bits per heavy atom. The van der Waals surface area contributed by atoms with Gasteiger partial charge in [0.2, 0.25) is 0 Å². The van der Waals surface area contributed by atoms with Crippen molar-refractivity contribution in [1.29, 1.82) is 0 Å². The molecule has 33 heavy (non-hydrogen) atoms. The van der Waals surface area contributed by atoms with Gasteiger partial charge in [-0.2, -0.15) is 5.10 Å². The third-order valence-electron chi connectivity index (χ3n) is 5.95. The van der Waals surface area contributed by atoms with Crippen molar-refractivity contribution in [3.63, 3.8) is 0 Å². The minimum atomic E-state index is -0.413. The van der Waals surface area contributed by atoms with E-state index in [0.717, 1.165) is 53.4 Å². The second-order valence-corrected chi connectivity index (χ2v) is 8.72. The summed E-state index contributed by atoms with van der Waals surface area (Å²) >= 11 is 0. The molecule has 1 aromatic carbocycles. The number of aromatic nitrogens is 3. The number of alkyl carbamates (subject to hydrolysis) is 1. The van der Waals surface area contributed by atoms with Gasteiger partial charge in [0.15, 0.2) is 0 Å². The van der Waals surface area contributed by atoms with Gasteiger partial charge in [0.05, 0.1) is 30.1 Å². The lowest BCUT2D eigenvalue weighted by Gasteiger charge is -2.29. The Morgan fingerprint density at radius 3 is 2.42 bits per heavy atom. The van der Waals surface area contributed by atoms with Crippen LogP contribution in [-0.2, 0) is 4.74 Å². The Kier molecular flexibility index (Phi) is 6.76. The molecule has 9 heteroatoms. The van der Waals surface area contributed by atoms with Gasteiger partial charge in [-0.05, 0) is 57.2 Å². The number of aromatic amines is 1. The van der Waals surface area contributed by atoms with Crippen molar-refractivity contribution in [2.45, 2.75) is 57.7 Å². The number of fused-ring (bicyclic) bond motifs is 1. The van der Waals surface area contributed by atoms with E-state index in [2.05, 4.69) is 35.9 Å². The summed E-state index contributed by atoms with van der Waals surface area (Å²) in [5, 5.41) is 17.2. The fourth-order valence-electron chi connectivity index (χ4n) is 4.27. The molecule has 0 spiro atoms. The van der Waals surface area contributed by atoms with Crippen LogP contribution in [0.3, 0.4) is 0 Å². The van der Waals surface area contributed by atoms with Gasteiger partial charge in [0, 0.05) is 41.5 Å². The van der Waals surface area contributed by atoms with Gasteiger partial charge in [-0.3, -0.25) is 14.9 Å². The first kappa shape index (κ1) is 22.6. The van der Waals surface area contributed by atoms with E-state index >= 15 is 0 Å². The van der Waals surface area contributed by atoms with E-state index in [4.69, 9.17) is 0 Å². The molecule has 4 N–H and O–H groups in total. The van der Waals surface area contributed by atoms with Crippen LogP contribution in [0.1, 0.15) is 49.9 Å². The van der Waals surface area contributed by atoms with E-state index in [-0.39, 0.29) is 24.0 Å². The maximum absolute atomic E-state index is 13.3. The van der Waals surface area contributed by atoms with Crippen molar-refractivity contribution in [3.05, 3.63) is 42.4 Å². The van der Waals surface area contributed by atoms with Crippen LogP contribution in [0.25, 0.3) is 22.0 Å². The van der Waals surface area contributed by atoms with Crippen LogP contribution >= 0.6 is 0 Å². The standard InChI is InChI=1S/C24H30N6O3/c1-14(2)28-22-19-10-15(16-11-26-27-12-16)4-9-21(19)25-13-20(22)23(31)29-17-5-7-18(8-6-17)30-24(32)33-3/h4,9-14,17-18H,5-8H2,1-3H3,(H,25,28)(H,26,27)(H,29,31)(H,30,32). The average Bonchev–Trinajstić information content (AvgIpc) is 3.35. The second kappa shape index (κ2) is 9.89. The first-order valence-electron chi connectivity index (χ1n) is 11.3. The topological polar surface area (TPSA) is 121 Å². The van der Waals surface area contributed by atoms with E-state index in [1.54, 1.807) is 12.4 Å². The van der Waals surface area contributed by atoms with Gasteiger partial charge >= 0.3 is 6.09 Å². The van der Waals surface area contributed by atoms with Crippen molar-refractivity contribution in [1.82, 2.24) is 25.8 Å². The smallest absolute Gasteiger partial charge is 0.407 e. The Labute approximate surface area is 192 Å². The summed E-state index contributed by atoms with van der Waals surface area (Å²) in [6.45, 7) is 4.09.